The summed E-state index contributed by atoms with van der Waals surface area (Å²) in [6.45, 7) is 7.35. The van der Waals surface area contributed by atoms with Crippen LogP contribution in [0.15, 0.2) is 0 Å². The number of hydrogen-bond acceptors (Lipinski definition) is 5. The van der Waals surface area contributed by atoms with Crippen LogP contribution in [0, 0.1) is 5.92 Å². The number of carbonyl (C=O) groups is 2. The highest BCUT2D eigenvalue weighted by molar-refractivity contribution is 6.20. The van der Waals surface area contributed by atoms with Crippen LogP contribution in [0.25, 0.3) is 0 Å². The third-order valence-corrected chi connectivity index (χ3v) is 8.47. The summed E-state index contributed by atoms with van der Waals surface area (Å²) in [5.74, 6) is 0.705. The molecular formula is C23H39ClN4O3. The number of nitrogens with zero attached hydrogens (tertiary/aromatic N) is 3. The Morgan fingerprint density at radius 1 is 1.19 bits per heavy atom. The second-order valence-electron chi connectivity index (χ2n) is 10.3. The van der Waals surface area contributed by atoms with E-state index in [1.54, 1.807) is 12.0 Å². The molecule has 3 heterocycles. The number of amides is 2. The van der Waals surface area contributed by atoms with E-state index in [1.807, 2.05) is 18.7 Å². The fraction of sp³-hybridized carbons (Fsp3) is 0.913. The first-order valence-corrected chi connectivity index (χ1v) is 12.5. The maximum Gasteiger partial charge on any atom is 0.250 e. The Labute approximate surface area is 191 Å². The summed E-state index contributed by atoms with van der Waals surface area (Å²) in [5, 5.41) is 3.66. The molecule has 3 saturated heterocycles. The Bertz CT molecular complexity index is 669. The smallest absolute Gasteiger partial charge is 0.250 e. The van der Waals surface area contributed by atoms with Crippen molar-refractivity contribution in [2.75, 3.05) is 39.8 Å². The molecule has 0 aromatic heterocycles. The van der Waals surface area contributed by atoms with E-state index < -0.39 is 5.54 Å². The monoisotopic (exact) mass is 454 g/mol. The summed E-state index contributed by atoms with van der Waals surface area (Å²) < 4.78 is 5.55. The Kier molecular flexibility index (Phi) is 7.16. The minimum absolute atomic E-state index is 0.0352. The first kappa shape index (κ1) is 23.3. The van der Waals surface area contributed by atoms with Gasteiger partial charge in [0.15, 0.2) is 0 Å². The van der Waals surface area contributed by atoms with Crippen molar-refractivity contribution in [2.24, 2.45) is 5.92 Å². The number of piperidine rings is 1. The lowest BCUT2D eigenvalue weighted by Gasteiger charge is -2.50. The van der Waals surface area contributed by atoms with E-state index in [0.29, 0.717) is 25.0 Å². The van der Waals surface area contributed by atoms with E-state index in [1.165, 1.54) is 0 Å². The highest BCUT2D eigenvalue weighted by atomic mass is 35.5. The third kappa shape index (κ3) is 4.61. The number of ether oxygens (including phenoxy) is 1. The lowest BCUT2D eigenvalue weighted by atomic mass is 9.84. The van der Waals surface area contributed by atoms with Gasteiger partial charge in [-0.2, -0.15) is 0 Å². The Morgan fingerprint density at radius 2 is 1.94 bits per heavy atom. The van der Waals surface area contributed by atoms with Gasteiger partial charge in [0.25, 0.3) is 5.91 Å². The molecule has 1 saturated carbocycles. The van der Waals surface area contributed by atoms with Crippen LogP contribution in [0.5, 0.6) is 0 Å². The zero-order valence-electron chi connectivity index (χ0n) is 19.3. The van der Waals surface area contributed by atoms with Crippen LogP contribution in [0.2, 0.25) is 0 Å². The summed E-state index contributed by atoms with van der Waals surface area (Å²) >= 11 is 6.32. The maximum atomic E-state index is 13.8. The highest BCUT2D eigenvalue weighted by Crippen LogP contribution is 2.39. The zero-order valence-corrected chi connectivity index (χ0v) is 20.1. The average Bonchev–Trinajstić information content (AvgIpc) is 3.21. The lowest BCUT2D eigenvalue weighted by Crippen LogP contribution is -2.71. The number of halogens is 1. The molecule has 176 valence electrons. The van der Waals surface area contributed by atoms with E-state index in [-0.39, 0.29) is 36.0 Å². The molecule has 7 nitrogen and oxygen atoms in total. The molecule has 4 fully saturated rings. The zero-order chi connectivity index (χ0) is 22.2. The first-order valence-electron chi connectivity index (χ1n) is 12.1. The van der Waals surface area contributed by atoms with Crippen LogP contribution in [0.1, 0.15) is 58.8 Å². The molecule has 0 aromatic carbocycles. The van der Waals surface area contributed by atoms with Crippen molar-refractivity contribution in [3.05, 3.63) is 0 Å². The molecule has 3 unspecified atom stereocenters. The number of piperazine rings is 1. The molecule has 3 atom stereocenters. The molecule has 0 radical (unpaired) electrons. The molecule has 8 heteroatoms. The summed E-state index contributed by atoms with van der Waals surface area (Å²) in [6, 6.07) is 0.421. The number of methoxy groups -OCH3 is 1. The summed E-state index contributed by atoms with van der Waals surface area (Å²) in [5.41, 5.74) is -0.717. The topological polar surface area (TPSA) is 65.1 Å². The van der Waals surface area contributed by atoms with Gasteiger partial charge in [-0.25, -0.2) is 0 Å². The second kappa shape index (κ2) is 9.54. The predicted molar refractivity (Wildman–Crippen MR) is 121 cm³/mol. The largest absolute Gasteiger partial charge is 0.367 e. The van der Waals surface area contributed by atoms with Gasteiger partial charge in [0.05, 0.1) is 0 Å². The van der Waals surface area contributed by atoms with Gasteiger partial charge >= 0.3 is 0 Å². The van der Waals surface area contributed by atoms with E-state index in [9.17, 15) is 9.59 Å². The number of rotatable bonds is 5. The Hall–Kier alpha value is -0.890. The predicted octanol–water partition coefficient (Wildman–Crippen LogP) is 2.03. The lowest BCUT2D eigenvalue weighted by molar-refractivity contribution is -0.167. The average molecular weight is 455 g/mol. The van der Waals surface area contributed by atoms with Gasteiger partial charge in [-0.1, -0.05) is 0 Å². The molecule has 2 amide bonds. The standard InChI is InChI=1S/C23H39ClN4O3/c1-16(2)27-14-21(29)28(13-17-4-6-18(24)7-5-17)23(22(27)30)9-11-26(15-23)19-8-10-25-20(12-19)31-3/h16-20,25H,4-15H2,1-3H3. The molecule has 4 rings (SSSR count). The van der Waals surface area contributed by atoms with Crippen LogP contribution in [-0.2, 0) is 14.3 Å². The van der Waals surface area contributed by atoms with Crippen LogP contribution >= 0.6 is 11.6 Å². The third-order valence-electron chi connectivity index (χ3n) is 8.04. The van der Waals surface area contributed by atoms with Crippen molar-refractivity contribution in [1.29, 1.82) is 0 Å². The Morgan fingerprint density at radius 3 is 2.61 bits per heavy atom. The van der Waals surface area contributed by atoms with Gasteiger partial charge < -0.3 is 14.5 Å². The second-order valence-corrected chi connectivity index (χ2v) is 10.9. The number of alkyl halides is 1. The van der Waals surface area contributed by atoms with Crippen molar-refractivity contribution in [1.82, 2.24) is 20.0 Å². The van der Waals surface area contributed by atoms with Crippen molar-refractivity contribution in [3.63, 3.8) is 0 Å². The fourth-order valence-electron chi connectivity index (χ4n) is 6.08. The van der Waals surface area contributed by atoms with Gasteiger partial charge in [-0.05, 0) is 64.8 Å². The molecule has 4 aliphatic rings. The van der Waals surface area contributed by atoms with Gasteiger partial charge in [-0.15, -0.1) is 11.6 Å². The highest BCUT2D eigenvalue weighted by Gasteiger charge is 2.57. The van der Waals surface area contributed by atoms with Crippen LogP contribution < -0.4 is 5.32 Å². The molecule has 31 heavy (non-hydrogen) atoms. The van der Waals surface area contributed by atoms with Crippen LogP contribution in [0.4, 0.5) is 0 Å². The number of carbonyl (C=O) groups excluding carboxylic acids is 2. The molecule has 1 N–H and O–H groups in total. The van der Waals surface area contributed by atoms with E-state index >= 15 is 0 Å². The Balaban J connectivity index is 1.55. The molecule has 3 aliphatic heterocycles. The number of nitrogens with one attached hydrogen (secondary N) is 1. The summed E-state index contributed by atoms with van der Waals surface area (Å²) in [4.78, 5) is 33.5. The normalized spacial score (nSPS) is 38.0. The molecular weight excluding hydrogens is 416 g/mol. The van der Waals surface area contributed by atoms with E-state index in [0.717, 1.165) is 58.0 Å². The van der Waals surface area contributed by atoms with Gasteiger partial charge in [-0.3, -0.25) is 19.8 Å². The van der Waals surface area contributed by atoms with Crippen LogP contribution in [-0.4, -0.2) is 95.6 Å². The summed E-state index contributed by atoms with van der Waals surface area (Å²) in [6.07, 6.45) is 6.86. The minimum Gasteiger partial charge on any atom is -0.367 e. The van der Waals surface area contributed by atoms with E-state index in [4.69, 9.17) is 16.3 Å². The van der Waals surface area contributed by atoms with Crippen LogP contribution in [0.3, 0.4) is 0 Å². The minimum atomic E-state index is -0.717. The van der Waals surface area contributed by atoms with Crippen molar-refractivity contribution in [2.45, 2.75) is 88.0 Å². The molecule has 1 aliphatic carbocycles. The SMILES string of the molecule is COC1CC(N2CCC3(C2)C(=O)N(C(C)C)CC(=O)N3CC2CCC(Cl)CC2)CCN1. The number of likely N-dealkylation sites (tertiary alicyclic amines) is 1. The van der Waals surface area contributed by atoms with Crippen molar-refractivity contribution >= 4 is 23.4 Å². The van der Waals surface area contributed by atoms with Crippen molar-refractivity contribution in [3.8, 4) is 0 Å². The molecule has 1 spiro atoms. The first-order chi connectivity index (χ1) is 14.8. The van der Waals surface area contributed by atoms with Gasteiger partial charge in [0.1, 0.15) is 18.3 Å². The van der Waals surface area contributed by atoms with Gasteiger partial charge in [0, 0.05) is 50.6 Å². The molecule has 0 aromatic rings. The quantitative estimate of drug-likeness (QED) is 0.644. The van der Waals surface area contributed by atoms with Gasteiger partial charge in [0.2, 0.25) is 5.91 Å². The van der Waals surface area contributed by atoms with Crippen molar-refractivity contribution < 1.29 is 14.3 Å². The summed E-state index contributed by atoms with van der Waals surface area (Å²) in [7, 11) is 1.74. The molecule has 0 bridgehead atoms. The van der Waals surface area contributed by atoms with E-state index in [2.05, 4.69) is 10.2 Å². The number of hydrogen-bond donors (Lipinski definition) is 1. The fourth-order valence-corrected chi connectivity index (χ4v) is 6.33. The maximum absolute atomic E-state index is 13.8.